The van der Waals surface area contributed by atoms with Gasteiger partial charge in [-0.3, -0.25) is 4.90 Å². The fourth-order valence-electron chi connectivity index (χ4n) is 3.84. The molecule has 0 amide bonds. The van der Waals surface area contributed by atoms with E-state index in [1.165, 1.54) is 12.1 Å². The van der Waals surface area contributed by atoms with E-state index in [4.69, 9.17) is 27.1 Å². The zero-order valence-electron chi connectivity index (χ0n) is 17.8. The van der Waals surface area contributed by atoms with Crippen molar-refractivity contribution >= 4 is 34.4 Å². The third kappa shape index (κ3) is 4.61. The first-order valence-corrected chi connectivity index (χ1v) is 11.1. The second kappa shape index (κ2) is 9.30. The SMILES string of the molecule is Nc1c2c(-c3ccc(F)cc3)nc(NCCN3CCOCC3)nc2nn1-c1ccc(Cl)cc1. The number of nitrogens with one attached hydrogen (secondary N) is 1. The summed E-state index contributed by atoms with van der Waals surface area (Å²) in [4.78, 5) is 11.7. The Balaban J connectivity index is 1.53. The summed E-state index contributed by atoms with van der Waals surface area (Å²) < 4.78 is 20.6. The number of nitrogens with two attached hydrogens (primary N) is 1. The minimum atomic E-state index is -0.322. The highest BCUT2D eigenvalue weighted by molar-refractivity contribution is 6.30. The number of halogens is 2. The molecular weight excluding hydrogens is 445 g/mol. The normalized spacial score (nSPS) is 14.6. The number of anilines is 2. The van der Waals surface area contributed by atoms with E-state index in [0.717, 1.165) is 44.1 Å². The second-order valence-electron chi connectivity index (χ2n) is 7.76. The summed E-state index contributed by atoms with van der Waals surface area (Å²) in [6.07, 6.45) is 0. The van der Waals surface area contributed by atoms with Crippen LogP contribution in [0.4, 0.5) is 16.2 Å². The van der Waals surface area contributed by atoms with E-state index < -0.39 is 0 Å². The number of nitrogens with zero attached hydrogens (tertiary/aromatic N) is 5. The molecule has 0 atom stereocenters. The molecule has 8 nitrogen and oxygen atoms in total. The van der Waals surface area contributed by atoms with Crippen LogP contribution in [0, 0.1) is 5.82 Å². The summed E-state index contributed by atoms with van der Waals surface area (Å²) in [6, 6.07) is 13.3. The van der Waals surface area contributed by atoms with Crippen LogP contribution in [-0.4, -0.2) is 64.0 Å². The Labute approximate surface area is 195 Å². The lowest BCUT2D eigenvalue weighted by atomic mass is 10.1. The molecule has 4 aromatic rings. The molecule has 0 spiro atoms. The first kappa shape index (κ1) is 21.6. The lowest BCUT2D eigenvalue weighted by Gasteiger charge is -2.26. The Morgan fingerprint density at radius 3 is 2.48 bits per heavy atom. The average molecular weight is 468 g/mol. The third-order valence-electron chi connectivity index (χ3n) is 5.57. The number of aromatic nitrogens is 4. The Morgan fingerprint density at radius 2 is 1.76 bits per heavy atom. The van der Waals surface area contributed by atoms with Crippen molar-refractivity contribution in [1.29, 1.82) is 0 Å². The minimum Gasteiger partial charge on any atom is -0.383 e. The number of morpholine rings is 1. The van der Waals surface area contributed by atoms with Gasteiger partial charge in [0.2, 0.25) is 5.95 Å². The highest BCUT2D eigenvalue weighted by atomic mass is 35.5. The molecule has 170 valence electrons. The first-order chi connectivity index (χ1) is 16.1. The quantitative estimate of drug-likeness (QED) is 0.447. The van der Waals surface area contributed by atoms with E-state index in [0.29, 0.717) is 40.1 Å². The monoisotopic (exact) mass is 467 g/mol. The van der Waals surface area contributed by atoms with Crippen LogP contribution >= 0.6 is 11.6 Å². The molecule has 10 heteroatoms. The van der Waals surface area contributed by atoms with Crippen LogP contribution in [-0.2, 0) is 4.74 Å². The number of nitrogen functional groups attached to an aromatic ring is 1. The van der Waals surface area contributed by atoms with Crippen LogP contribution in [0.1, 0.15) is 0 Å². The van der Waals surface area contributed by atoms with Gasteiger partial charge in [0.25, 0.3) is 0 Å². The van der Waals surface area contributed by atoms with Gasteiger partial charge in [-0.15, -0.1) is 5.10 Å². The molecule has 2 aromatic heterocycles. The molecule has 0 aliphatic carbocycles. The number of fused-ring (bicyclic) bond motifs is 1. The van der Waals surface area contributed by atoms with Crippen LogP contribution in [0.5, 0.6) is 0 Å². The van der Waals surface area contributed by atoms with E-state index in [-0.39, 0.29) is 5.82 Å². The summed E-state index contributed by atoms with van der Waals surface area (Å²) >= 11 is 6.03. The number of rotatable bonds is 6. The summed E-state index contributed by atoms with van der Waals surface area (Å²) in [6.45, 7) is 4.83. The lowest BCUT2D eigenvalue weighted by molar-refractivity contribution is 0.0398. The maximum atomic E-state index is 13.6. The molecule has 0 radical (unpaired) electrons. The molecule has 5 rings (SSSR count). The van der Waals surface area contributed by atoms with Gasteiger partial charge >= 0.3 is 0 Å². The van der Waals surface area contributed by atoms with Crippen LogP contribution < -0.4 is 11.1 Å². The van der Waals surface area contributed by atoms with E-state index in [9.17, 15) is 4.39 Å². The molecule has 3 N–H and O–H groups in total. The zero-order chi connectivity index (χ0) is 22.8. The third-order valence-corrected chi connectivity index (χ3v) is 5.82. The van der Waals surface area contributed by atoms with E-state index in [2.05, 4.69) is 20.3 Å². The largest absolute Gasteiger partial charge is 0.383 e. The highest BCUT2D eigenvalue weighted by Crippen LogP contribution is 2.33. The summed E-state index contributed by atoms with van der Waals surface area (Å²) in [5.74, 6) is 0.514. The van der Waals surface area contributed by atoms with E-state index >= 15 is 0 Å². The minimum absolute atomic E-state index is 0.322. The first-order valence-electron chi connectivity index (χ1n) is 10.7. The van der Waals surface area contributed by atoms with Crippen LogP contribution in [0.15, 0.2) is 48.5 Å². The summed E-state index contributed by atoms with van der Waals surface area (Å²) in [7, 11) is 0. The number of hydrogen-bond donors (Lipinski definition) is 2. The average Bonchev–Trinajstić information content (AvgIpc) is 3.16. The predicted octanol–water partition coefficient (Wildman–Crippen LogP) is 3.60. The molecule has 1 fully saturated rings. The Hall–Kier alpha value is -3.27. The van der Waals surface area contributed by atoms with Crippen molar-refractivity contribution in [2.75, 3.05) is 50.4 Å². The molecule has 0 unspecified atom stereocenters. The number of benzene rings is 2. The van der Waals surface area contributed by atoms with Gasteiger partial charge in [0.15, 0.2) is 5.65 Å². The summed E-state index contributed by atoms with van der Waals surface area (Å²) in [5.41, 5.74) is 9.01. The van der Waals surface area contributed by atoms with Gasteiger partial charge in [0.05, 0.1) is 30.0 Å². The number of hydrogen-bond acceptors (Lipinski definition) is 7. The van der Waals surface area contributed by atoms with Crippen molar-refractivity contribution in [3.8, 4) is 16.9 Å². The summed E-state index contributed by atoms with van der Waals surface area (Å²) in [5, 5.41) is 9.15. The van der Waals surface area contributed by atoms with Gasteiger partial charge in [-0.1, -0.05) is 11.6 Å². The van der Waals surface area contributed by atoms with Crippen molar-refractivity contribution < 1.29 is 9.13 Å². The highest BCUT2D eigenvalue weighted by Gasteiger charge is 2.19. The van der Waals surface area contributed by atoms with Gasteiger partial charge < -0.3 is 15.8 Å². The molecule has 0 saturated carbocycles. The van der Waals surface area contributed by atoms with Gasteiger partial charge in [-0.05, 0) is 48.5 Å². The molecule has 33 heavy (non-hydrogen) atoms. The molecule has 1 saturated heterocycles. The number of ether oxygens (including phenoxy) is 1. The standard InChI is InChI=1S/C23H23ClFN7O/c24-16-3-7-18(8-4-16)32-21(26)19-20(15-1-5-17(25)6-2-15)28-23(29-22(19)30-32)27-9-10-31-11-13-33-14-12-31/h1-8H,9-14,26H2,(H,27,29,30). The second-order valence-corrected chi connectivity index (χ2v) is 8.19. The van der Waals surface area contributed by atoms with Crippen LogP contribution in [0.25, 0.3) is 28.0 Å². The smallest absolute Gasteiger partial charge is 0.225 e. The van der Waals surface area contributed by atoms with Gasteiger partial charge in [0, 0.05) is 36.8 Å². The fraction of sp³-hybridized carbons (Fsp3) is 0.261. The Morgan fingerprint density at radius 1 is 1.03 bits per heavy atom. The molecule has 0 bridgehead atoms. The lowest BCUT2D eigenvalue weighted by Crippen LogP contribution is -2.39. The van der Waals surface area contributed by atoms with E-state index in [1.54, 1.807) is 28.9 Å². The van der Waals surface area contributed by atoms with Crippen molar-refractivity contribution in [3.63, 3.8) is 0 Å². The van der Waals surface area contributed by atoms with Crippen molar-refractivity contribution in [2.45, 2.75) is 0 Å². The maximum Gasteiger partial charge on any atom is 0.225 e. The van der Waals surface area contributed by atoms with Crippen molar-refractivity contribution in [2.24, 2.45) is 0 Å². The molecule has 3 heterocycles. The van der Waals surface area contributed by atoms with E-state index in [1.807, 2.05) is 12.1 Å². The maximum absolute atomic E-state index is 13.6. The molecule has 1 aliphatic heterocycles. The molecular formula is C23H23ClFN7O. The molecule has 2 aromatic carbocycles. The molecule has 1 aliphatic rings. The van der Waals surface area contributed by atoms with Crippen LogP contribution in [0.2, 0.25) is 5.02 Å². The topological polar surface area (TPSA) is 94.1 Å². The van der Waals surface area contributed by atoms with Gasteiger partial charge in [-0.2, -0.15) is 4.98 Å². The van der Waals surface area contributed by atoms with Gasteiger partial charge in [-0.25, -0.2) is 14.1 Å². The fourth-order valence-corrected chi connectivity index (χ4v) is 3.96. The zero-order valence-corrected chi connectivity index (χ0v) is 18.6. The van der Waals surface area contributed by atoms with Crippen molar-refractivity contribution in [1.82, 2.24) is 24.6 Å². The predicted molar refractivity (Wildman–Crippen MR) is 127 cm³/mol. The van der Waals surface area contributed by atoms with Gasteiger partial charge in [0.1, 0.15) is 11.6 Å². The van der Waals surface area contributed by atoms with Crippen LogP contribution in [0.3, 0.4) is 0 Å². The Kier molecular flexibility index (Phi) is 6.08. The Bertz CT molecular complexity index is 1250. The van der Waals surface area contributed by atoms with Crippen molar-refractivity contribution in [3.05, 3.63) is 59.4 Å².